The molecule has 0 aromatic heterocycles. The molecule has 230 valence electrons. The highest BCUT2D eigenvalue weighted by Gasteiger charge is 2.47. The molecule has 2 unspecified atom stereocenters. The molecule has 0 radical (unpaired) electrons. The lowest BCUT2D eigenvalue weighted by Gasteiger charge is -2.31. The van der Waals surface area contributed by atoms with E-state index < -0.39 is 74.6 Å². The third kappa shape index (κ3) is 9.57. The van der Waals surface area contributed by atoms with E-state index in [4.69, 9.17) is 9.26 Å². The zero-order valence-electron chi connectivity index (χ0n) is 23.1. The molecule has 2 amide bonds. The number of nitrogens with one attached hydrogen (secondary N) is 2. The maximum atomic E-state index is 12.8. The zero-order valence-corrected chi connectivity index (χ0v) is 24.0. The number of Topliss-reactive ketones (excluding diaryl/α,β-unsaturated/α-hetero) is 1. The van der Waals surface area contributed by atoms with E-state index in [-0.39, 0.29) is 31.7 Å². The van der Waals surface area contributed by atoms with Crippen LogP contribution < -0.4 is 15.4 Å². The van der Waals surface area contributed by atoms with Crippen LogP contribution in [0.4, 0.5) is 0 Å². The molecule has 0 bridgehead atoms. The van der Waals surface area contributed by atoms with Crippen LogP contribution in [0.5, 0.6) is 5.75 Å². The number of hydrogen-bond acceptors (Lipinski definition) is 11. The summed E-state index contributed by atoms with van der Waals surface area (Å²) in [5.74, 6) is -2.55. The molecule has 1 aliphatic heterocycles. The number of methoxy groups -OCH3 is 1. The first-order valence-corrected chi connectivity index (χ1v) is 14.6. The van der Waals surface area contributed by atoms with Crippen LogP contribution in [0, 0.1) is 0 Å². The summed E-state index contributed by atoms with van der Waals surface area (Å²) >= 11 is 0. The smallest absolute Gasteiger partial charge is 0.331 e. The van der Waals surface area contributed by atoms with Crippen molar-refractivity contribution in [3.05, 3.63) is 29.8 Å². The summed E-state index contributed by atoms with van der Waals surface area (Å²) in [6, 6.07) is 4.35. The Morgan fingerprint density at radius 2 is 1.68 bits per heavy atom. The minimum atomic E-state index is -4.50. The minimum Gasteiger partial charge on any atom is -0.497 e. The summed E-state index contributed by atoms with van der Waals surface area (Å²) in [6.07, 6.45) is -3.89. The number of carbonyl (C=O) groups is 4. The van der Waals surface area contributed by atoms with E-state index >= 15 is 0 Å². The van der Waals surface area contributed by atoms with E-state index in [0.29, 0.717) is 11.3 Å². The van der Waals surface area contributed by atoms with Crippen LogP contribution in [-0.2, 0) is 23.5 Å². The SMILES string of the molecule is COc1ccc(C(=O)CCC(=O)NC(C)(COP(=O)(O)CCN2[C@H](CO)[C@@H](O)[C@H](O)[C@H]2CNC(C)=O)C(=O)O)cc1. The summed E-state index contributed by atoms with van der Waals surface area (Å²) in [7, 11) is -3.02. The van der Waals surface area contributed by atoms with Gasteiger partial charge in [-0.2, -0.15) is 0 Å². The van der Waals surface area contributed by atoms with Crippen LogP contribution >= 0.6 is 7.60 Å². The third-order valence-electron chi connectivity index (χ3n) is 6.81. The summed E-state index contributed by atoms with van der Waals surface area (Å²) in [6.45, 7) is 0.481. The van der Waals surface area contributed by atoms with Crippen molar-refractivity contribution >= 4 is 31.2 Å². The molecule has 0 aliphatic carbocycles. The van der Waals surface area contributed by atoms with Crippen molar-refractivity contribution in [1.29, 1.82) is 0 Å². The van der Waals surface area contributed by atoms with Gasteiger partial charge in [0.25, 0.3) is 0 Å². The van der Waals surface area contributed by atoms with Crippen molar-refractivity contribution in [3.8, 4) is 5.75 Å². The van der Waals surface area contributed by atoms with Gasteiger partial charge >= 0.3 is 13.6 Å². The number of aliphatic hydroxyl groups excluding tert-OH is 3. The van der Waals surface area contributed by atoms with Crippen LogP contribution in [0.25, 0.3) is 0 Å². The van der Waals surface area contributed by atoms with Gasteiger partial charge in [0.15, 0.2) is 11.3 Å². The fraction of sp³-hybridized carbons (Fsp3) is 0.600. The number of aliphatic carboxylic acids is 1. The summed E-state index contributed by atoms with van der Waals surface area (Å²) in [4.78, 5) is 59.8. The number of carboxylic acid groups (broad SMARTS) is 1. The Kier molecular flexibility index (Phi) is 12.4. The molecule has 41 heavy (non-hydrogen) atoms. The minimum absolute atomic E-state index is 0.106. The van der Waals surface area contributed by atoms with Crippen molar-refractivity contribution in [2.24, 2.45) is 0 Å². The maximum absolute atomic E-state index is 12.8. The zero-order chi connectivity index (χ0) is 31.0. The van der Waals surface area contributed by atoms with E-state index in [9.17, 15) is 49.1 Å². The van der Waals surface area contributed by atoms with Crippen LogP contribution in [0.1, 0.15) is 37.0 Å². The molecule has 7 N–H and O–H groups in total. The molecule has 15 nitrogen and oxygen atoms in total. The number of likely N-dealkylation sites (tertiary alicyclic amines) is 1. The Morgan fingerprint density at radius 3 is 2.22 bits per heavy atom. The number of hydrogen-bond donors (Lipinski definition) is 7. The van der Waals surface area contributed by atoms with Gasteiger partial charge in [0.05, 0.1) is 50.8 Å². The quantitative estimate of drug-likeness (QED) is 0.0863. The first-order valence-electron chi connectivity index (χ1n) is 12.8. The van der Waals surface area contributed by atoms with Crippen molar-refractivity contribution in [3.63, 3.8) is 0 Å². The molecular weight excluding hydrogens is 565 g/mol. The van der Waals surface area contributed by atoms with Crippen LogP contribution in [0.15, 0.2) is 24.3 Å². The van der Waals surface area contributed by atoms with E-state index in [0.717, 1.165) is 6.92 Å². The number of carboxylic acids is 1. The van der Waals surface area contributed by atoms with E-state index in [1.54, 1.807) is 12.1 Å². The second kappa shape index (κ2) is 14.8. The van der Waals surface area contributed by atoms with Crippen LogP contribution in [-0.4, -0.2) is 123 Å². The average molecular weight is 604 g/mol. The Balaban J connectivity index is 1.97. The van der Waals surface area contributed by atoms with Crippen molar-refractivity contribution in [2.45, 2.75) is 56.5 Å². The van der Waals surface area contributed by atoms with Crippen molar-refractivity contribution in [2.75, 3.05) is 39.6 Å². The van der Waals surface area contributed by atoms with E-state index in [1.807, 2.05) is 0 Å². The average Bonchev–Trinajstić information content (AvgIpc) is 3.16. The highest BCUT2D eigenvalue weighted by atomic mass is 31.2. The summed E-state index contributed by atoms with van der Waals surface area (Å²) < 4.78 is 22.8. The molecule has 1 fully saturated rings. The van der Waals surface area contributed by atoms with Gasteiger partial charge in [0, 0.05) is 38.4 Å². The van der Waals surface area contributed by atoms with Crippen LogP contribution in [0.2, 0.25) is 0 Å². The van der Waals surface area contributed by atoms with Gasteiger partial charge in [-0.1, -0.05) is 0 Å². The van der Waals surface area contributed by atoms with Crippen molar-refractivity contribution < 1.29 is 58.3 Å². The normalized spacial score (nSPS) is 23.7. The number of ether oxygens (including phenoxy) is 1. The molecule has 6 atom stereocenters. The second-order valence-electron chi connectivity index (χ2n) is 9.94. The largest absolute Gasteiger partial charge is 0.497 e. The molecule has 0 saturated carbocycles. The monoisotopic (exact) mass is 603 g/mol. The molecule has 1 aromatic rings. The van der Waals surface area contributed by atoms with Gasteiger partial charge in [-0.15, -0.1) is 0 Å². The number of rotatable bonds is 16. The van der Waals surface area contributed by atoms with Crippen LogP contribution in [0.3, 0.4) is 0 Å². The Bertz CT molecular complexity index is 1130. The number of aliphatic hydroxyl groups is 3. The molecule has 1 aliphatic rings. The molecule has 1 aromatic carbocycles. The lowest BCUT2D eigenvalue weighted by atomic mass is 10.0. The van der Waals surface area contributed by atoms with E-state index in [2.05, 4.69) is 10.6 Å². The fourth-order valence-electron chi connectivity index (χ4n) is 4.33. The van der Waals surface area contributed by atoms with Gasteiger partial charge in [-0.3, -0.25) is 23.8 Å². The van der Waals surface area contributed by atoms with Gasteiger partial charge in [0.1, 0.15) is 5.75 Å². The predicted octanol–water partition coefficient (Wildman–Crippen LogP) is -1.28. The predicted molar refractivity (Wildman–Crippen MR) is 143 cm³/mol. The molecule has 0 spiro atoms. The first kappa shape index (κ1) is 34.3. The van der Waals surface area contributed by atoms with Crippen molar-refractivity contribution in [1.82, 2.24) is 15.5 Å². The molecule has 16 heteroatoms. The maximum Gasteiger partial charge on any atom is 0.331 e. The Hall–Kier alpha value is -2.91. The summed E-state index contributed by atoms with van der Waals surface area (Å²) in [5, 5.41) is 44.7. The lowest BCUT2D eigenvalue weighted by molar-refractivity contribution is -0.148. The standard InChI is InChI=1S/C25H38N3O12P/c1-15(30)26-12-18-22(33)23(34)19(13-29)28(18)10-11-41(37,38)40-14-25(2,24(35)36)27-21(32)9-8-20(31)16-4-6-17(39-3)7-5-16/h4-7,18-19,22-23,29,33-34H,8-14H2,1-3H3,(H,26,30)(H,27,32)(H,35,36)(H,37,38)/t18-,19-,22-,23-,25?/m1/s1. The van der Waals surface area contributed by atoms with Gasteiger partial charge in [-0.25, -0.2) is 4.79 Å². The molecule has 2 rings (SSSR count). The first-order chi connectivity index (χ1) is 19.1. The number of nitrogens with zero attached hydrogens (tertiary/aromatic N) is 1. The van der Waals surface area contributed by atoms with Gasteiger partial charge in [-0.05, 0) is 31.2 Å². The Labute approximate surface area is 237 Å². The second-order valence-corrected chi connectivity index (χ2v) is 11.9. The topological polar surface area (TPSA) is 232 Å². The number of ketones is 1. The highest BCUT2D eigenvalue weighted by Crippen LogP contribution is 2.43. The molecular formula is C25H38N3O12P. The highest BCUT2D eigenvalue weighted by molar-refractivity contribution is 7.52. The molecule has 1 heterocycles. The summed E-state index contributed by atoms with van der Waals surface area (Å²) in [5.41, 5.74) is -1.77. The third-order valence-corrected chi connectivity index (χ3v) is 8.11. The van der Waals surface area contributed by atoms with Gasteiger partial charge < -0.3 is 45.2 Å². The fourth-order valence-corrected chi connectivity index (χ4v) is 5.40. The van der Waals surface area contributed by atoms with E-state index in [1.165, 1.54) is 31.1 Å². The number of carbonyl (C=O) groups excluding carboxylic acids is 3. The Morgan fingerprint density at radius 1 is 1.07 bits per heavy atom. The number of benzene rings is 1. The molecule has 1 saturated heterocycles. The lowest BCUT2D eigenvalue weighted by Crippen LogP contribution is -2.55. The van der Waals surface area contributed by atoms with Gasteiger partial charge in [0.2, 0.25) is 11.8 Å². The number of amides is 2.